The fourth-order valence-electron chi connectivity index (χ4n) is 1.63. The molecule has 0 aliphatic carbocycles. The van der Waals surface area contributed by atoms with Gasteiger partial charge in [0.25, 0.3) is 5.69 Å². The van der Waals surface area contributed by atoms with Gasteiger partial charge in [0.05, 0.1) is 10.6 Å². The SMILES string of the molecule is O=[N+]([O-])c1ccc(Br)c(NCc2cc(Br)ccc2Cl)c1. The van der Waals surface area contributed by atoms with E-state index in [0.29, 0.717) is 17.3 Å². The van der Waals surface area contributed by atoms with Crippen LogP contribution in [0.5, 0.6) is 0 Å². The van der Waals surface area contributed by atoms with Crippen LogP contribution in [0.4, 0.5) is 11.4 Å². The number of nitrogens with one attached hydrogen (secondary N) is 1. The van der Waals surface area contributed by atoms with E-state index in [-0.39, 0.29) is 5.69 Å². The Morgan fingerprint density at radius 1 is 1.20 bits per heavy atom. The molecule has 2 aromatic rings. The zero-order valence-electron chi connectivity index (χ0n) is 10.1. The normalized spacial score (nSPS) is 10.3. The van der Waals surface area contributed by atoms with Crippen LogP contribution in [0.3, 0.4) is 0 Å². The van der Waals surface area contributed by atoms with Gasteiger partial charge in [-0.25, -0.2) is 0 Å². The fourth-order valence-corrected chi connectivity index (χ4v) is 2.61. The number of anilines is 1. The second-order valence-electron chi connectivity index (χ2n) is 4.01. The van der Waals surface area contributed by atoms with E-state index in [1.807, 2.05) is 12.1 Å². The fraction of sp³-hybridized carbons (Fsp3) is 0.0769. The van der Waals surface area contributed by atoms with E-state index in [4.69, 9.17) is 11.6 Å². The first-order chi connectivity index (χ1) is 9.47. The van der Waals surface area contributed by atoms with Gasteiger partial charge in [0, 0.05) is 32.6 Å². The maximum absolute atomic E-state index is 10.8. The van der Waals surface area contributed by atoms with Gasteiger partial charge in [0.2, 0.25) is 0 Å². The molecular weight excluding hydrogens is 411 g/mol. The monoisotopic (exact) mass is 418 g/mol. The van der Waals surface area contributed by atoms with Gasteiger partial charge in [-0.2, -0.15) is 0 Å². The smallest absolute Gasteiger partial charge is 0.271 e. The van der Waals surface area contributed by atoms with Crippen LogP contribution in [-0.2, 0) is 6.54 Å². The third kappa shape index (κ3) is 3.71. The molecule has 0 radical (unpaired) electrons. The van der Waals surface area contributed by atoms with Gasteiger partial charge >= 0.3 is 0 Å². The molecule has 0 aromatic heterocycles. The van der Waals surface area contributed by atoms with Crippen molar-refractivity contribution in [2.24, 2.45) is 0 Å². The molecule has 0 saturated heterocycles. The van der Waals surface area contributed by atoms with E-state index in [9.17, 15) is 10.1 Å². The summed E-state index contributed by atoms with van der Waals surface area (Å²) in [5, 5.41) is 14.5. The Balaban J connectivity index is 2.20. The van der Waals surface area contributed by atoms with Crippen LogP contribution in [0.2, 0.25) is 5.02 Å². The highest BCUT2D eigenvalue weighted by Gasteiger charge is 2.10. The number of halogens is 3. The maximum atomic E-state index is 10.8. The highest BCUT2D eigenvalue weighted by Crippen LogP contribution is 2.28. The van der Waals surface area contributed by atoms with Crippen LogP contribution >= 0.6 is 43.5 Å². The lowest BCUT2D eigenvalue weighted by molar-refractivity contribution is -0.384. The second kappa shape index (κ2) is 6.56. The van der Waals surface area contributed by atoms with Gasteiger partial charge < -0.3 is 5.32 Å². The first-order valence-corrected chi connectivity index (χ1v) is 7.55. The minimum Gasteiger partial charge on any atom is -0.380 e. The highest BCUT2D eigenvalue weighted by atomic mass is 79.9. The molecule has 0 unspecified atom stereocenters. The lowest BCUT2D eigenvalue weighted by atomic mass is 10.2. The molecule has 7 heteroatoms. The summed E-state index contributed by atoms with van der Waals surface area (Å²) in [6, 6.07) is 10.1. The maximum Gasteiger partial charge on any atom is 0.271 e. The predicted molar refractivity (Wildman–Crippen MR) is 87.3 cm³/mol. The van der Waals surface area contributed by atoms with Crippen molar-refractivity contribution in [2.45, 2.75) is 6.54 Å². The minimum absolute atomic E-state index is 0.0380. The standard InChI is InChI=1S/C13H9Br2ClN2O2/c14-9-1-4-12(16)8(5-9)7-17-13-6-10(18(19)20)2-3-11(13)15/h1-6,17H,7H2. The molecule has 104 valence electrons. The largest absolute Gasteiger partial charge is 0.380 e. The topological polar surface area (TPSA) is 55.2 Å². The van der Waals surface area contributed by atoms with Crippen molar-refractivity contribution in [1.29, 1.82) is 0 Å². The number of rotatable bonds is 4. The first-order valence-electron chi connectivity index (χ1n) is 5.59. The summed E-state index contributed by atoms with van der Waals surface area (Å²) in [5.41, 5.74) is 1.59. The van der Waals surface area contributed by atoms with Crippen LogP contribution in [0.25, 0.3) is 0 Å². The predicted octanol–water partition coefficient (Wildman–Crippen LogP) is 5.39. The molecule has 0 aliphatic heterocycles. The average molecular weight is 420 g/mol. The van der Waals surface area contributed by atoms with Gasteiger partial charge in [0.1, 0.15) is 0 Å². The Bertz CT molecular complexity index is 665. The van der Waals surface area contributed by atoms with Crippen molar-refractivity contribution < 1.29 is 4.92 Å². The van der Waals surface area contributed by atoms with Crippen LogP contribution in [0, 0.1) is 10.1 Å². The van der Waals surface area contributed by atoms with Crippen molar-refractivity contribution in [3.05, 3.63) is 66.0 Å². The molecule has 2 aromatic carbocycles. The number of benzene rings is 2. The Hall–Kier alpha value is -1.11. The van der Waals surface area contributed by atoms with Crippen molar-refractivity contribution in [1.82, 2.24) is 0 Å². The molecule has 0 heterocycles. The van der Waals surface area contributed by atoms with Crippen LogP contribution in [0.1, 0.15) is 5.56 Å². The Morgan fingerprint density at radius 3 is 2.65 bits per heavy atom. The average Bonchev–Trinajstić information content (AvgIpc) is 2.41. The van der Waals surface area contributed by atoms with E-state index in [2.05, 4.69) is 37.2 Å². The Labute approximate surface area is 137 Å². The molecule has 0 fully saturated rings. The van der Waals surface area contributed by atoms with Crippen molar-refractivity contribution >= 4 is 54.8 Å². The van der Waals surface area contributed by atoms with Gasteiger partial charge in [-0.1, -0.05) is 27.5 Å². The van der Waals surface area contributed by atoms with Crippen LogP contribution in [0.15, 0.2) is 45.3 Å². The summed E-state index contributed by atoms with van der Waals surface area (Å²) in [6.45, 7) is 0.470. The zero-order chi connectivity index (χ0) is 14.7. The molecule has 0 atom stereocenters. The number of nitro benzene ring substituents is 1. The van der Waals surface area contributed by atoms with Crippen LogP contribution < -0.4 is 5.32 Å². The number of nitrogens with zero attached hydrogens (tertiary/aromatic N) is 1. The number of hydrogen-bond acceptors (Lipinski definition) is 3. The van der Waals surface area contributed by atoms with E-state index in [0.717, 1.165) is 14.5 Å². The zero-order valence-corrected chi connectivity index (χ0v) is 14.0. The number of non-ortho nitro benzene ring substituents is 1. The third-order valence-electron chi connectivity index (χ3n) is 2.64. The molecule has 0 saturated carbocycles. The van der Waals surface area contributed by atoms with Crippen LogP contribution in [-0.4, -0.2) is 4.92 Å². The van der Waals surface area contributed by atoms with Crippen molar-refractivity contribution in [2.75, 3.05) is 5.32 Å². The quantitative estimate of drug-likeness (QED) is 0.533. The summed E-state index contributed by atoms with van der Waals surface area (Å²) < 4.78 is 1.69. The summed E-state index contributed by atoms with van der Waals surface area (Å²) >= 11 is 12.8. The number of hydrogen-bond donors (Lipinski definition) is 1. The lowest BCUT2D eigenvalue weighted by Gasteiger charge is -2.10. The minimum atomic E-state index is -0.427. The summed E-state index contributed by atoms with van der Waals surface area (Å²) in [7, 11) is 0. The van der Waals surface area contributed by atoms with Gasteiger partial charge in [-0.15, -0.1) is 0 Å². The third-order valence-corrected chi connectivity index (χ3v) is 4.19. The highest BCUT2D eigenvalue weighted by molar-refractivity contribution is 9.10. The van der Waals surface area contributed by atoms with Gasteiger partial charge in [0.15, 0.2) is 0 Å². The first kappa shape index (κ1) is 15.3. The van der Waals surface area contributed by atoms with E-state index >= 15 is 0 Å². The molecule has 0 aliphatic rings. The molecular formula is C13H9Br2ClN2O2. The van der Waals surface area contributed by atoms with Gasteiger partial charge in [-0.05, 0) is 45.8 Å². The molecule has 0 bridgehead atoms. The number of nitro groups is 1. The van der Waals surface area contributed by atoms with Crippen molar-refractivity contribution in [3.8, 4) is 0 Å². The summed E-state index contributed by atoms with van der Waals surface area (Å²) in [5.74, 6) is 0. The van der Waals surface area contributed by atoms with E-state index in [1.165, 1.54) is 12.1 Å². The van der Waals surface area contributed by atoms with Crippen molar-refractivity contribution in [3.63, 3.8) is 0 Å². The molecule has 20 heavy (non-hydrogen) atoms. The molecule has 0 amide bonds. The Morgan fingerprint density at radius 2 is 1.95 bits per heavy atom. The van der Waals surface area contributed by atoms with E-state index in [1.54, 1.807) is 12.1 Å². The Kier molecular flexibility index (Phi) is 5.01. The second-order valence-corrected chi connectivity index (χ2v) is 6.19. The summed E-state index contributed by atoms with van der Waals surface area (Å²) in [4.78, 5) is 10.3. The van der Waals surface area contributed by atoms with E-state index < -0.39 is 4.92 Å². The van der Waals surface area contributed by atoms with Gasteiger partial charge in [-0.3, -0.25) is 10.1 Å². The summed E-state index contributed by atoms with van der Waals surface area (Å²) in [6.07, 6.45) is 0. The lowest BCUT2D eigenvalue weighted by Crippen LogP contribution is -2.01. The molecule has 2 rings (SSSR count). The molecule has 0 spiro atoms. The molecule has 4 nitrogen and oxygen atoms in total. The molecule has 1 N–H and O–H groups in total.